The minimum Gasteiger partial charge on any atom is 1.00 e. The first kappa shape index (κ1) is 6.85. The van der Waals surface area contributed by atoms with Crippen molar-refractivity contribution < 1.29 is 1.43 Å². The van der Waals surface area contributed by atoms with Crippen LogP contribution in [0.3, 0.4) is 0 Å². The number of hydrogen-bond acceptors (Lipinski definition) is 0. The molecule has 0 aliphatic rings. The maximum absolute atomic E-state index is 3.81. The van der Waals surface area contributed by atoms with Gasteiger partial charge >= 0.3 is 63.4 Å². The molecule has 1 heteroatoms. The summed E-state index contributed by atoms with van der Waals surface area (Å²) in [6.45, 7) is 3.81. The SMILES string of the molecule is [CH2]C[Se]c1ccccc1.[H+]. The van der Waals surface area contributed by atoms with Gasteiger partial charge in [-0.3, -0.25) is 0 Å². The van der Waals surface area contributed by atoms with Gasteiger partial charge in [0.25, 0.3) is 0 Å². The molecule has 0 heterocycles. The zero-order valence-corrected chi connectivity index (χ0v) is 6.92. The Kier molecular flexibility index (Phi) is 2.82. The van der Waals surface area contributed by atoms with Gasteiger partial charge in [-0.25, -0.2) is 0 Å². The fourth-order valence-electron chi connectivity index (χ4n) is 0.635. The summed E-state index contributed by atoms with van der Waals surface area (Å²) in [5.74, 6) is 0. The minimum atomic E-state index is 0. The third-order valence-electron chi connectivity index (χ3n) is 1.01. The largest absolute Gasteiger partial charge is 1.00 e. The van der Waals surface area contributed by atoms with Gasteiger partial charge in [0.15, 0.2) is 0 Å². The Balaban J connectivity index is 0.000000810. The van der Waals surface area contributed by atoms with Gasteiger partial charge in [0, 0.05) is 0 Å². The monoisotopic (exact) mass is 186 g/mol. The van der Waals surface area contributed by atoms with Crippen LogP contribution >= 0.6 is 0 Å². The van der Waals surface area contributed by atoms with Crippen molar-refractivity contribution in [2.75, 3.05) is 0 Å². The maximum Gasteiger partial charge on any atom is 1.00 e. The van der Waals surface area contributed by atoms with E-state index in [-0.39, 0.29) is 1.43 Å². The van der Waals surface area contributed by atoms with E-state index in [1.165, 1.54) is 4.46 Å². The molecular weight excluding hydrogens is 175 g/mol. The van der Waals surface area contributed by atoms with E-state index in [0.717, 1.165) is 5.32 Å². The Morgan fingerprint density at radius 1 is 1.33 bits per heavy atom. The molecule has 47 valence electrons. The average Bonchev–Trinajstić information content (AvgIpc) is 1.91. The van der Waals surface area contributed by atoms with Gasteiger partial charge in [0.05, 0.1) is 0 Å². The van der Waals surface area contributed by atoms with E-state index < -0.39 is 0 Å². The van der Waals surface area contributed by atoms with Crippen molar-refractivity contribution in [3.05, 3.63) is 37.3 Å². The summed E-state index contributed by atoms with van der Waals surface area (Å²) in [6.07, 6.45) is 0. The molecule has 0 aliphatic carbocycles. The van der Waals surface area contributed by atoms with E-state index in [0.29, 0.717) is 15.0 Å². The van der Waals surface area contributed by atoms with Gasteiger partial charge in [-0.15, -0.1) is 0 Å². The predicted molar refractivity (Wildman–Crippen MR) is 43.1 cm³/mol. The van der Waals surface area contributed by atoms with Gasteiger partial charge in [0.1, 0.15) is 0 Å². The third kappa shape index (κ3) is 2.21. The van der Waals surface area contributed by atoms with Crippen molar-refractivity contribution in [2.24, 2.45) is 0 Å². The van der Waals surface area contributed by atoms with E-state index in [1.807, 2.05) is 6.07 Å². The van der Waals surface area contributed by atoms with Crippen LogP contribution in [0.1, 0.15) is 1.43 Å². The number of hydrogen-bond donors (Lipinski definition) is 0. The quantitative estimate of drug-likeness (QED) is 0.610. The average molecular weight is 185 g/mol. The van der Waals surface area contributed by atoms with E-state index in [4.69, 9.17) is 0 Å². The molecule has 0 nitrogen and oxygen atoms in total. The van der Waals surface area contributed by atoms with Gasteiger partial charge in [-0.2, -0.15) is 0 Å². The van der Waals surface area contributed by atoms with Gasteiger partial charge < -0.3 is 0 Å². The molecule has 0 aromatic heterocycles. The van der Waals surface area contributed by atoms with Crippen LogP contribution in [-0.4, -0.2) is 15.0 Å². The van der Waals surface area contributed by atoms with Crippen molar-refractivity contribution in [1.82, 2.24) is 0 Å². The second kappa shape index (κ2) is 3.71. The molecule has 9 heavy (non-hydrogen) atoms. The normalized spacial score (nSPS) is 9.44. The molecule has 0 saturated heterocycles. The first-order chi connectivity index (χ1) is 4.43. The molecule has 0 aliphatic heterocycles. The summed E-state index contributed by atoms with van der Waals surface area (Å²) in [5.41, 5.74) is 0. The van der Waals surface area contributed by atoms with Crippen LogP contribution in [0.15, 0.2) is 30.3 Å². The summed E-state index contributed by atoms with van der Waals surface area (Å²) in [6, 6.07) is 10.5. The van der Waals surface area contributed by atoms with Crippen LogP contribution in [0.2, 0.25) is 5.32 Å². The molecule has 0 spiro atoms. The molecule has 0 N–H and O–H groups in total. The van der Waals surface area contributed by atoms with Crippen LogP contribution in [0, 0.1) is 6.92 Å². The Morgan fingerprint density at radius 3 is 2.56 bits per heavy atom. The Labute approximate surface area is 63.9 Å². The van der Waals surface area contributed by atoms with E-state index in [2.05, 4.69) is 31.2 Å². The molecule has 0 saturated carbocycles. The van der Waals surface area contributed by atoms with Crippen LogP contribution in [0.4, 0.5) is 0 Å². The standard InChI is InChI=1S/C8H9Se/c1-2-9-8-6-4-3-5-7-8/h3-7H,1-2H2/p+1. The van der Waals surface area contributed by atoms with Crippen LogP contribution in [0.5, 0.6) is 0 Å². The molecular formula is C8H10Se+. The molecule has 0 bridgehead atoms. The molecule has 1 radical (unpaired) electrons. The topological polar surface area (TPSA) is 0 Å². The van der Waals surface area contributed by atoms with Crippen LogP contribution < -0.4 is 4.46 Å². The van der Waals surface area contributed by atoms with Crippen molar-refractivity contribution in [1.29, 1.82) is 0 Å². The molecule has 1 rings (SSSR count). The summed E-state index contributed by atoms with van der Waals surface area (Å²) < 4.78 is 1.44. The molecule has 1 aromatic carbocycles. The van der Waals surface area contributed by atoms with E-state index in [9.17, 15) is 0 Å². The van der Waals surface area contributed by atoms with Gasteiger partial charge in [0.2, 0.25) is 0 Å². The van der Waals surface area contributed by atoms with Crippen molar-refractivity contribution >= 4 is 19.4 Å². The molecule has 0 atom stereocenters. The molecule has 0 fully saturated rings. The predicted octanol–water partition coefficient (Wildman–Crippen LogP) is 1.38. The van der Waals surface area contributed by atoms with Crippen molar-refractivity contribution in [2.45, 2.75) is 5.32 Å². The van der Waals surface area contributed by atoms with Gasteiger partial charge in [-0.1, -0.05) is 0 Å². The summed E-state index contributed by atoms with van der Waals surface area (Å²) >= 11 is 0.598. The fourth-order valence-corrected chi connectivity index (χ4v) is 1.86. The second-order valence-corrected chi connectivity index (χ2v) is 4.11. The fraction of sp³-hybridized carbons (Fsp3) is 0.125. The zero-order valence-electron chi connectivity index (χ0n) is 6.21. The first-order valence-corrected chi connectivity index (χ1v) is 4.97. The summed E-state index contributed by atoms with van der Waals surface area (Å²) in [7, 11) is 0. The zero-order chi connectivity index (χ0) is 6.53. The van der Waals surface area contributed by atoms with Crippen molar-refractivity contribution in [3.63, 3.8) is 0 Å². The van der Waals surface area contributed by atoms with Crippen LogP contribution in [-0.2, 0) is 0 Å². The first-order valence-electron chi connectivity index (χ1n) is 2.90. The molecule has 1 aromatic rings. The summed E-state index contributed by atoms with van der Waals surface area (Å²) in [5, 5.41) is 1.05. The minimum absolute atomic E-state index is 0. The van der Waals surface area contributed by atoms with Crippen LogP contribution in [0.25, 0.3) is 0 Å². The van der Waals surface area contributed by atoms with E-state index >= 15 is 0 Å². The van der Waals surface area contributed by atoms with Gasteiger partial charge in [-0.05, 0) is 0 Å². The molecule has 0 amide bonds. The Morgan fingerprint density at radius 2 is 2.00 bits per heavy atom. The summed E-state index contributed by atoms with van der Waals surface area (Å²) in [4.78, 5) is 0. The third-order valence-corrected chi connectivity index (χ3v) is 2.71. The molecule has 0 unspecified atom stereocenters. The van der Waals surface area contributed by atoms with E-state index in [1.54, 1.807) is 0 Å². The van der Waals surface area contributed by atoms with Crippen molar-refractivity contribution in [3.8, 4) is 0 Å². The second-order valence-electron chi connectivity index (χ2n) is 1.66. The maximum atomic E-state index is 3.81. The number of benzene rings is 1. The smallest absolute Gasteiger partial charge is 1.00 e. The Hall–Kier alpha value is -0.261. The number of rotatable bonds is 2. The Bertz CT molecular complexity index is 162.